The van der Waals surface area contributed by atoms with Gasteiger partial charge in [-0.1, -0.05) is 42.0 Å². The van der Waals surface area contributed by atoms with Crippen LogP contribution in [-0.2, 0) is 16.0 Å². The highest BCUT2D eigenvalue weighted by Gasteiger charge is 2.47. The van der Waals surface area contributed by atoms with Gasteiger partial charge in [-0.3, -0.25) is 9.59 Å². The molecule has 1 amide bonds. The number of aliphatic hydroxyl groups excluding tert-OH is 1. The third-order valence-corrected chi connectivity index (χ3v) is 5.48. The summed E-state index contributed by atoms with van der Waals surface area (Å²) in [7, 11) is 1.60. The zero-order valence-electron chi connectivity index (χ0n) is 17.4. The summed E-state index contributed by atoms with van der Waals surface area (Å²) in [5.41, 5.74) is 2.55. The minimum absolute atomic E-state index is 0.0403. The van der Waals surface area contributed by atoms with E-state index in [1.165, 1.54) is 11.2 Å². The van der Waals surface area contributed by atoms with E-state index in [-0.39, 0.29) is 11.3 Å². The van der Waals surface area contributed by atoms with Gasteiger partial charge in [0.25, 0.3) is 11.7 Å². The fourth-order valence-corrected chi connectivity index (χ4v) is 3.76. The summed E-state index contributed by atoms with van der Waals surface area (Å²) in [4.78, 5) is 27.3. The molecule has 1 N–H and O–H groups in total. The molecule has 0 bridgehead atoms. The van der Waals surface area contributed by atoms with Gasteiger partial charge in [0.1, 0.15) is 23.3 Å². The van der Waals surface area contributed by atoms with Crippen LogP contribution in [0.2, 0.25) is 0 Å². The Morgan fingerprint density at radius 1 is 1.06 bits per heavy atom. The van der Waals surface area contributed by atoms with Gasteiger partial charge in [0.2, 0.25) is 0 Å². The Labute approximate surface area is 180 Å². The van der Waals surface area contributed by atoms with Gasteiger partial charge in [-0.05, 0) is 43.2 Å². The number of hydrogen-bond acceptors (Lipinski definition) is 5. The predicted octanol–water partition coefficient (Wildman–Crippen LogP) is 4.26. The second-order valence-electron chi connectivity index (χ2n) is 7.47. The molecule has 1 aliphatic heterocycles. The first-order chi connectivity index (χ1) is 15.0. The van der Waals surface area contributed by atoms with Gasteiger partial charge in [-0.15, -0.1) is 0 Å². The fraction of sp³-hybridized carbons (Fsp3) is 0.200. The van der Waals surface area contributed by atoms with Crippen molar-refractivity contribution in [3.63, 3.8) is 0 Å². The molecule has 6 nitrogen and oxygen atoms in total. The number of carbonyl (C=O) groups excluding carboxylic acids is 2. The lowest BCUT2D eigenvalue weighted by molar-refractivity contribution is -0.140. The van der Waals surface area contributed by atoms with E-state index in [4.69, 9.17) is 9.15 Å². The lowest BCUT2D eigenvalue weighted by Gasteiger charge is -2.23. The molecule has 1 aromatic heterocycles. The highest BCUT2D eigenvalue weighted by Crippen LogP contribution is 2.39. The van der Waals surface area contributed by atoms with Crippen LogP contribution in [0.4, 0.5) is 0 Å². The fourth-order valence-electron chi connectivity index (χ4n) is 3.76. The molecule has 1 aliphatic rings. The van der Waals surface area contributed by atoms with Crippen molar-refractivity contribution in [3.05, 3.63) is 95.0 Å². The number of likely N-dealkylation sites (tertiary alicyclic amines) is 1. The molecule has 0 spiro atoms. The second kappa shape index (κ2) is 8.52. The third kappa shape index (κ3) is 3.97. The van der Waals surface area contributed by atoms with E-state index in [1.807, 2.05) is 43.3 Å². The maximum atomic E-state index is 12.9. The quantitative estimate of drug-likeness (QED) is 0.368. The number of rotatable bonds is 6. The average molecular weight is 417 g/mol. The number of ether oxygens (including phenoxy) is 1. The Morgan fingerprint density at radius 2 is 1.77 bits per heavy atom. The van der Waals surface area contributed by atoms with E-state index < -0.39 is 17.7 Å². The van der Waals surface area contributed by atoms with Crippen LogP contribution < -0.4 is 4.74 Å². The molecule has 2 heterocycles. The van der Waals surface area contributed by atoms with Crippen molar-refractivity contribution >= 4 is 17.4 Å². The van der Waals surface area contributed by atoms with Crippen LogP contribution in [0, 0.1) is 6.92 Å². The summed E-state index contributed by atoms with van der Waals surface area (Å²) in [6.45, 7) is 2.23. The maximum Gasteiger partial charge on any atom is 0.295 e. The summed E-state index contributed by atoms with van der Waals surface area (Å²) in [5.74, 6) is -0.384. The van der Waals surface area contributed by atoms with Gasteiger partial charge >= 0.3 is 0 Å². The number of carbonyl (C=O) groups is 2. The number of aliphatic hydroxyl groups is 1. The minimum Gasteiger partial charge on any atom is -0.507 e. The van der Waals surface area contributed by atoms with Gasteiger partial charge in [0, 0.05) is 12.1 Å². The van der Waals surface area contributed by atoms with Crippen LogP contribution in [0.1, 0.15) is 28.5 Å². The first-order valence-electron chi connectivity index (χ1n) is 10.0. The van der Waals surface area contributed by atoms with Gasteiger partial charge < -0.3 is 19.2 Å². The molecule has 4 rings (SSSR count). The van der Waals surface area contributed by atoms with Crippen molar-refractivity contribution in [3.8, 4) is 5.75 Å². The Balaban J connectivity index is 1.69. The Bertz CT molecular complexity index is 1110. The van der Waals surface area contributed by atoms with E-state index in [1.54, 1.807) is 31.4 Å². The molecule has 6 heteroatoms. The van der Waals surface area contributed by atoms with Gasteiger partial charge in [-0.25, -0.2) is 0 Å². The number of Topliss-reactive ketones (excluding diaryl/α,β-unsaturated/α-hetero) is 1. The van der Waals surface area contributed by atoms with E-state index >= 15 is 0 Å². The SMILES string of the molecule is COc1ccc(CCN2C(=O)C(=O)/C(=C(\O)c3ccc(C)cc3)C2c2ccco2)cc1. The number of ketones is 1. The van der Waals surface area contributed by atoms with Crippen molar-refractivity contribution in [1.29, 1.82) is 0 Å². The van der Waals surface area contributed by atoms with Crippen molar-refractivity contribution in [2.45, 2.75) is 19.4 Å². The van der Waals surface area contributed by atoms with Crippen LogP contribution in [0.3, 0.4) is 0 Å². The van der Waals surface area contributed by atoms with Crippen molar-refractivity contribution in [1.82, 2.24) is 4.90 Å². The molecule has 3 aromatic rings. The monoisotopic (exact) mass is 417 g/mol. The van der Waals surface area contributed by atoms with Gasteiger partial charge in [-0.2, -0.15) is 0 Å². The molecular formula is C25H23NO5. The molecule has 1 saturated heterocycles. The topological polar surface area (TPSA) is 80.0 Å². The average Bonchev–Trinajstić information content (AvgIpc) is 3.40. The predicted molar refractivity (Wildman–Crippen MR) is 116 cm³/mol. The van der Waals surface area contributed by atoms with E-state index in [9.17, 15) is 14.7 Å². The van der Waals surface area contributed by atoms with Crippen LogP contribution in [0.5, 0.6) is 5.75 Å². The largest absolute Gasteiger partial charge is 0.507 e. The zero-order valence-corrected chi connectivity index (χ0v) is 17.4. The Morgan fingerprint density at radius 3 is 2.39 bits per heavy atom. The second-order valence-corrected chi connectivity index (χ2v) is 7.47. The van der Waals surface area contributed by atoms with Crippen molar-refractivity contribution in [2.24, 2.45) is 0 Å². The lowest BCUT2D eigenvalue weighted by atomic mass is 9.98. The lowest BCUT2D eigenvalue weighted by Crippen LogP contribution is -2.31. The van der Waals surface area contributed by atoms with Crippen LogP contribution in [0.15, 0.2) is 76.9 Å². The van der Waals surface area contributed by atoms with E-state index in [0.29, 0.717) is 24.3 Å². The van der Waals surface area contributed by atoms with Crippen molar-refractivity contribution < 1.29 is 23.8 Å². The number of amides is 1. The summed E-state index contributed by atoms with van der Waals surface area (Å²) < 4.78 is 10.7. The number of aryl methyl sites for hydroxylation is 1. The summed E-state index contributed by atoms with van der Waals surface area (Å²) in [6, 6.07) is 17.3. The highest BCUT2D eigenvalue weighted by atomic mass is 16.5. The number of furan rings is 1. The summed E-state index contributed by atoms with van der Waals surface area (Å²) in [6.07, 6.45) is 2.03. The Hall–Kier alpha value is -3.80. The molecule has 158 valence electrons. The molecular weight excluding hydrogens is 394 g/mol. The third-order valence-electron chi connectivity index (χ3n) is 5.48. The molecule has 1 fully saturated rings. The summed E-state index contributed by atoms with van der Waals surface area (Å²) in [5, 5.41) is 11.0. The number of hydrogen-bond donors (Lipinski definition) is 1. The molecule has 0 saturated carbocycles. The number of nitrogens with zero attached hydrogens (tertiary/aromatic N) is 1. The standard InChI is InChI=1S/C25H23NO5/c1-16-5-9-18(10-6-16)23(27)21-22(20-4-3-15-31-20)26(25(29)24(21)28)14-13-17-7-11-19(30-2)12-8-17/h3-12,15,22,27H,13-14H2,1-2H3/b23-21-. The smallest absolute Gasteiger partial charge is 0.295 e. The molecule has 2 aromatic carbocycles. The first-order valence-corrected chi connectivity index (χ1v) is 10.0. The zero-order chi connectivity index (χ0) is 22.0. The van der Waals surface area contributed by atoms with Crippen LogP contribution in [-0.4, -0.2) is 35.4 Å². The van der Waals surface area contributed by atoms with Gasteiger partial charge in [0.05, 0.1) is 18.9 Å². The van der Waals surface area contributed by atoms with Crippen LogP contribution in [0.25, 0.3) is 5.76 Å². The Kier molecular flexibility index (Phi) is 5.62. The molecule has 0 radical (unpaired) electrons. The molecule has 1 atom stereocenters. The minimum atomic E-state index is -0.783. The van der Waals surface area contributed by atoms with Gasteiger partial charge in [0.15, 0.2) is 0 Å². The first kappa shape index (κ1) is 20.5. The number of methoxy groups -OCH3 is 1. The van der Waals surface area contributed by atoms with E-state index in [2.05, 4.69) is 0 Å². The molecule has 0 aliphatic carbocycles. The molecule has 1 unspecified atom stereocenters. The van der Waals surface area contributed by atoms with E-state index in [0.717, 1.165) is 16.9 Å². The molecule has 31 heavy (non-hydrogen) atoms. The highest BCUT2D eigenvalue weighted by molar-refractivity contribution is 6.46. The number of benzene rings is 2. The summed E-state index contributed by atoms with van der Waals surface area (Å²) >= 11 is 0. The maximum absolute atomic E-state index is 12.9. The van der Waals surface area contributed by atoms with Crippen molar-refractivity contribution in [2.75, 3.05) is 13.7 Å². The van der Waals surface area contributed by atoms with Crippen LogP contribution >= 0.6 is 0 Å². The normalized spacial score (nSPS) is 17.9.